The zero-order valence-corrected chi connectivity index (χ0v) is 9.63. The van der Waals surface area contributed by atoms with Gasteiger partial charge < -0.3 is 9.47 Å². The molecule has 0 aliphatic rings. The average Bonchev–Trinajstić information content (AvgIpc) is 2.26. The Hall–Kier alpha value is -1.62. The van der Waals surface area contributed by atoms with E-state index in [0.29, 0.717) is 5.92 Å². The van der Waals surface area contributed by atoms with Gasteiger partial charge in [0.05, 0.1) is 19.8 Å². The van der Waals surface area contributed by atoms with Crippen LogP contribution in [0.25, 0.3) is 0 Å². The maximum absolute atomic E-state index is 5.39. The predicted molar refractivity (Wildman–Crippen MR) is 61.6 cm³/mol. The molecule has 0 unspecified atom stereocenters. The fourth-order valence-electron chi connectivity index (χ4n) is 1.49. The maximum Gasteiger partial charge on any atom is 0.135 e. The summed E-state index contributed by atoms with van der Waals surface area (Å²) < 4.78 is 10.5. The van der Waals surface area contributed by atoms with Crippen molar-refractivity contribution in [2.75, 3.05) is 14.2 Å². The van der Waals surface area contributed by atoms with Crippen molar-refractivity contribution in [3.05, 3.63) is 23.3 Å². The number of terminal acetylenes is 1. The van der Waals surface area contributed by atoms with Gasteiger partial charge in [0.25, 0.3) is 0 Å². The third-order valence-electron chi connectivity index (χ3n) is 2.33. The van der Waals surface area contributed by atoms with Crippen LogP contribution in [0.15, 0.2) is 12.1 Å². The Bertz CT molecular complexity index is 386. The minimum absolute atomic E-state index is 0.376. The van der Waals surface area contributed by atoms with Crippen LogP contribution in [-0.2, 0) is 0 Å². The van der Waals surface area contributed by atoms with Gasteiger partial charge >= 0.3 is 0 Å². The minimum Gasteiger partial charge on any atom is -0.496 e. The normalized spacial score (nSPS) is 9.87. The van der Waals surface area contributed by atoms with Gasteiger partial charge in [0.1, 0.15) is 11.5 Å². The molecule has 0 saturated carbocycles. The van der Waals surface area contributed by atoms with Crippen LogP contribution < -0.4 is 9.47 Å². The van der Waals surface area contributed by atoms with Crippen LogP contribution in [0.5, 0.6) is 11.5 Å². The molecule has 0 heterocycles. The highest BCUT2D eigenvalue weighted by Crippen LogP contribution is 2.32. The van der Waals surface area contributed by atoms with Crippen molar-refractivity contribution in [1.29, 1.82) is 0 Å². The Morgan fingerprint density at radius 3 is 2.13 bits per heavy atom. The van der Waals surface area contributed by atoms with E-state index in [0.717, 1.165) is 22.6 Å². The van der Waals surface area contributed by atoms with E-state index in [1.165, 1.54) is 0 Å². The maximum atomic E-state index is 5.39. The molecule has 0 spiro atoms. The van der Waals surface area contributed by atoms with E-state index in [4.69, 9.17) is 15.9 Å². The highest BCUT2D eigenvalue weighted by molar-refractivity contribution is 5.53. The molecule has 0 aliphatic heterocycles. The van der Waals surface area contributed by atoms with E-state index in [9.17, 15) is 0 Å². The highest BCUT2D eigenvalue weighted by Gasteiger charge is 2.12. The number of benzene rings is 1. The Balaban J connectivity index is 3.36. The van der Waals surface area contributed by atoms with Crippen molar-refractivity contribution < 1.29 is 9.47 Å². The molecule has 2 nitrogen and oxygen atoms in total. The number of rotatable bonds is 3. The molecule has 1 rings (SSSR count). The van der Waals surface area contributed by atoms with E-state index in [1.807, 2.05) is 12.1 Å². The molecule has 2 heteroatoms. The lowest BCUT2D eigenvalue weighted by molar-refractivity contribution is 0.396. The van der Waals surface area contributed by atoms with Crippen molar-refractivity contribution in [1.82, 2.24) is 0 Å². The number of hydrogen-bond donors (Lipinski definition) is 0. The van der Waals surface area contributed by atoms with Crippen LogP contribution in [-0.4, -0.2) is 14.2 Å². The summed E-state index contributed by atoms with van der Waals surface area (Å²) in [5.41, 5.74) is 1.83. The summed E-state index contributed by atoms with van der Waals surface area (Å²) in [7, 11) is 3.26. The molecule has 1 aromatic rings. The number of methoxy groups -OCH3 is 2. The van der Waals surface area contributed by atoms with E-state index >= 15 is 0 Å². The standard InChI is InChI=1S/C13H16O2/c1-6-10-7-13(15-5)11(9(2)3)8-12(10)14-4/h1,7-9H,2-5H3. The number of hydrogen-bond acceptors (Lipinski definition) is 2. The molecule has 0 aliphatic carbocycles. The third-order valence-corrected chi connectivity index (χ3v) is 2.33. The van der Waals surface area contributed by atoms with Crippen molar-refractivity contribution in [2.45, 2.75) is 19.8 Å². The largest absolute Gasteiger partial charge is 0.496 e. The molecule has 0 aromatic heterocycles. The molecule has 0 amide bonds. The summed E-state index contributed by atoms with van der Waals surface area (Å²) in [6.45, 7) is 4.21. The van der Waals surface area contributed by atoms with E-state index in [2.05, 4.69) is 19.8 Å². The third kappa shape index (κ3) is 2.24. The Labute approximate surface area is 91.2 Å². The van der Waals surface area contributed by atoms with Gasteiger partial charge in [-0.1, -0.05) is 19.8 Å². The van der Waals surface area contributed by atoms with E-state index in [1.54, 1.807) is 14.2 Å². The first-order valence-electron chi connectivity index (χ1n) is 4.86. The molecule has 0 bridgehead atoms. The molecule has 0 fully saturated rings. The topological polar surface area (TPSA) is 18.5 Å². The van der Waals surface area contributed by atoms with Gasteiger partial charge in [0.15, 0.2) is 0 Å². The van der Waals surface area contributed by atoms with Crippen LogP contribution in [0.3, 0.4) is 0 Å². The van der Waals surface area contributed by atoms with Gasteiger partial charge in [-0.2, -0.15) is 0 Å². The smallest absolute Gasteiger partial charge is 0.135 e. The van der Waals surface area contributed by atoms with Crippen LogP contribution >= 0.6 is 0 Å². The summed E-state index contributed by atoms with van der Waals surface area (Å²) in [5.74, 6) is 4.50. The minimum atomic E-state index is 0.376. The highest BCUT2D eigenvalue weighted by atomic mass is 16.5. The second-order valence-corrected chi connectivity index (χ2v) is 3.59. The van der Waals surface area contributed by atoms with Crippen LogP contribution in [0.4, 0.5) is 0 Å². The molecular weight excluding hydrogens is 188 g/mol. The van der Waals surface area contributed by atoms with Gasteiger partial charge in [-0.25, -0.2) is 0 Å². The van der Waals surface area contributed by atoms with Gasteiger partial charge in [0.2, 0.25) is 0 Å². The van der Waals surface area contributed by atoms with Gasteiger partial charge in [-0.3, -0.25) is 0 Å². The monoisotopic (exact) mass is 204 g/mol. The predicted octanol–water partition coefficient (Wildman–Crippen LogP) is 2.81. The fraction of sp³-hybridized carbons (Fsp3) is 0.385. The first-order chi connectivity index (χ1) is 7.13. The van der Waals surface area contributed by atoms with Crippen molar-refractivity contribution in [2.24, 2.45) is 0 Å². The zero-order chi connectivity index (χ0) is 11.4. The summed E-state index contributed by atoms with van der Waals surface area (Å²) in [4.78, 5) is 0. The number of ether oxygens (including phenoxy) is 2. The van der Waals surface area contributed by atoms with Crippen molar-refractivity contribution >= 4 is 0 Å². The first-order valence-corrected chi connectivity index (χ1v) is 4.86. The summed E-state index contributed by atoms with van der Waals surface area (Å²) in [5, 5.41) is 0. The first kappa shape index (κ1) is 11.5. The molecule has 0 N–H and O–H groups in total. The van der Waals surface area contributed by atoms with E-state index < -0.39 is 0 Å². The average molecular weight is 204 g/mol. The van der Waals surface area contributed by atoms with Gasteiger partial charge in [0, 0.05) is 5.56 Å². The molecule has 0 radical (unpaired) electrons. The SMILES string of the molecule is C#Cc1cc(OC)c(C(C)C)cc1OC. The van der Waals surface area contributed by atoms with Crippen LogP contribution in [0.1, 0.15) is 30.9 Å². The second kappa shape index (κ2) is 4.75. The fourth-order valence-corrected chi connectivity index (χ4v) is 1.49. The van der Waals surface area contributed by atoms with Gasteiger partial charge in [-0.15, -0.1) is 6.42 Å². The van der Waals surface area contributed by atoms with Crippen LogP contribution in [0, 0.1) is 12.3 Å². The van der Waals surface area contributed by atoms with Crippen molar-refractivity contribution in [3.8, 4) is 23.8 Å². The Morgan fingerprint density at radius 2 is 1.73 bits per heavy atom. The molecule has 0 atom stereocenters. The lowest BCUT2D eigenvalue weighted by Crippen LogP contribution is -1.98. The second-order valence-electron chi connectivity index (χ2n) is 3.59. The summed E-state index contributed by atoms with van der Waals surface area (Å²) >= 11 is 0. The molecule has 0 saturated heterocycles. The molecular formula is C13H16O2. The van der Waals surface area contributed by atoms with Crippen LogP contribution in [0.2, 0.25) is 0 Å². The molecule has 1 aromatic carbocycles. The Kier molecular flexibility index (Phi) is 3.62. The molecule has 80 valence electrons. The van der Waals surface area contributed by atoms with Gasteiger partial charge in [-0.05, 0) is 18.1 Å². The lowest BCUT2D eigenvalue weighted by Gasteiger charge is -2.14. The Morgan fingerprint density at radius 1 is 1.13 bits per heavy atom. The van der Waals surface area contributed by atoms with Crippen molar-refractivity contribution in [3.63, 3.8) is 0 Å². The lowest BCUT2D eigenvalue weighted by atomic mass is 9.99. The quantitative estimate of drug-likeness (QED) is 0.705. The summed E-state index contributed by atoms with van der Waals surface area (Å²) in [6, 6.07) is 3.78. The molecule has 15 heavy (non-hydrogen) atoms. The zero-order valence-electron chi connectivity index (χ0n) is 9.63. The summed E-state index contributed by atoms with van der Waals surface area (Å²) in [6.07, 6.45) is 5.39. The van der Waals surface area contributed by atoms with E-state index in [-0.39, 0.29) is 0 Å².